The van der Waals surface area contributed by atoms with Gasteiger partial charge in [-0.2, -0.15) is 0 Å². The van der Waals surface area contributed by atoms with Crippen molar-refractivity contribution in [1.29, 1.82) is 0 Å². The molecule has 0 aromatic rings. The van der Waals surface area contributed by atoms with Gasteiger partial charge in [-0.3, -0.25) is 0 Å². The summed E-state index contributed by atoms with van der Waals surface area (Å²) in [5, 5.41) is 7.97. The number of rotatable bonds is 2. The van der Waals surface area contributed by atoms with Crippen LogP contribution >= 0.6 is 0 Å². The monoisotopic (exact) mass is 377 g/mol. The van der Waals surface area contributed by atoms with E-state index in [-0.39, 0.29) is 42.6 Å². The summed E-state index contributed by atoms with van der Waals surface area (Å²) in [5.74, 6) is -1.76. The van der Waals surface area contributed by atoms with Gasteiger partial charge in [0, 0.05) is 0 Å². The van der Waals surface area contributed by atoms with E-state index >= 15 is 0 Å². The maximum atomic E-state index is 10.2. The zero-order valence-electron chi connectivity index (χ0n) is 5.83. The molecule has 0 aromatic carbocycles. The van der Waals surface area contributed by atoms with Crippen LogP contribution in [-0.2, 0) is 12.3 Å². The molecule has 0 amide bonds. The fraction of sp³-hybridized carbons (Fsp3) is 0. The fourth-order valence-electron chi connectivity index (χ4n) is 0.173. The van der Waals surface area contributed by atoms with Crippen LogP contribution in [0.2, 0.25) is 0 Å². The molecule has 0 aliphatic rings. The summed E-state index contributed by atoms with van der Waals surface area (Å²) in [7, 11) is 0. The molecule has 7 N–H and O–H groups in total. The number of hydrogen-bond donors (Lipinski definition) is 1. The summed E-state index contributed by atoms with van der Waals surface area (Å²) >= 11 is 0.289. The number of aliphatic carboxylic acids is 1. The molecule has 3 radical (unpaired) electrons. The van der Waals surface area contributed by atoms with E-state index < -0.39 is 11.9 Å². The first-order valence-electron chi connectivity index (χ1n) is 1.95. The molecule has 0 aliphatic heterocycles. The van der Waals surface area contributed by atoms with Crippen LogP contribution in [0.5, 0.6) is 0 Å². The standard InChI is InChI=1S/C4H4O4.3H2O.Pb/c5-3(6)1-2-4(7)8;;;;/h1-2H,(H,5,6)(H,7,8);3*1H2;/q;;;;+1/p-1/b2-1+;;;;. The molecule has 0 spiro atoms. The predicted molar refractivity (Wildman–Crippen MR) is 39.5 cm³/mol. The van der Waals surface area contributed by atoms with Crippen LogP contribution in [0.15, 0.2) is 12.2 Å². The Kier molecular flexibility index (Phi) is 24.6. The minimum absolute atomic E-state index is 0. The third kappa shape index (κ3) is 16.2. The molecule has 0 unspecified atom stereocenters. The summed E-state index contributed by atoms with van der Waals surface area (Å²) in [6, 6.07) is 0. The molecule has 0 atom stereocenters. The average molecular weight is 376 g/mol. The molecule has 0 fully saturated rings. The average Bonchev–Trinajstić information content (AvgIpc) is 1.83. The van der Waals surface area contributed by atoms with Crippen molar-refractivity contribution in [3.8, 4) is 0 Å². The molecule has 0 bridgehead atoms. The van der Waals surface area contributed by atoms with E-state index in [1.807, 2.05) is 0 Å². The van der Waals surface area contributed by atoms with Gasteiger partial charge in [0.25, 0.3) is 0 Å². The van der Waals surface area contributed by atoms with Crippen molar-refractivity contribution in [2.24, 2.45) is 0 Å². The summed E-state index contributed by atoms with van der Waals surface area (Å²) in [6.07, 6.45) is 1.61. The van der Waals surface area contributed by atoms with Gasteiger partial charge < -0.3 is 16.4 Å². The second-order valence-electron chi connectivity index (χ2n) is 1.09. The van der Waals surface area contributed by atoms with Crippen LogP contribution in [0.3, 0.4) is 0 Å². The zero-order valence-corrected chi connectivity index (χ0v) is 9.71. The van der Waals surface area contributed by atoms with Gasteiger partial charge in [-0.05, 0) is 0 Å². The number of carboxylic acid groups (broad SMARTS) is 1. The molecule has 0 saturated heterocycles. The first-order chi connectivity index (χ1) is 4.16. The van der Waals surface area contributed by atoms with Gasteiger partial charge in [0.2, 0.25) is 0 Å². The second kappa shape index (κ2) is 13.1. The second-order valence-corrected chi connectivity index (χ2v) is 1.89. The Hall–Kier alpha value is -0.518. The van der Waals surface area contributed by atoms with E-state index in [4.69, 9.17) is 5.11 Å². The molecule has 0 aromatic heterocycles. The third-order valence-corrected chi connectivity index (χ3v) is 1.24. The summed E-state index contributed by atoms with van der Waals surface area (Å²) in [5.41, 5.74) is 0. The van der Waals surface area contributed by atoms with Crippen molar-refractivity contribution in [1.82, 2.24) is 0 Å². The number of carbonyl (C=O) groups is 2. The van der Waals surface area contributed by atoms with Crippen molar-refractivity contribution >= 4 is 38.2 Å². The quantitative estimate of drug-likeness (QED) is 0.397. The Morgan fingerprint density at radius 1 is 1.17 bits per heavy atom. The molecule has 0 aliphatic carbocycles. The molecule has 0 heterocycles. The van der Waals surface area contributed by atoms with E-state index in [9.17, 15) is 9.59 Å². The van der Waals surface area contributed by atoms with Gasteiger partial charge in [0.05, 0.1) is 0 Å². The Bertz CT molecular complexity index is 153. The molecule has 8 heteroatoms. The Labute approximate surface area is 84.3 Å². The molecule has 0 rings (SSSR count). The normalized spacial score (nSPS) is 7.08. The molecular weight excluding hydrogens is 367 g/mol. The van der Waals surface area contributed by atoms with E-state index in [0.717, 1.165) is 12.2 Å². The van der Waals surface area contributed by atoms with Gasteiger partial charge in [0.15, 0.2) is 0 Å². The maximum absolute atomic E-state index is 10.2. The third-order valence-electron chi connectivity index (χ3n) is 0.463. The van der Waals surface area contributed by atoms with E-state index in [0.29, 0.717) is 0 Å². The van der Waals surface area contributed by atoms with Gasteiger partial charge >= 0.3 is 67.7 Å². The van der Waals surface area contributed by atoms with Crippen molar-refractivity contribution in [3.05, 3.63) is 12.2 Å². The molecule has 71 valence electrons. The van der Waals surface area contributed by atoms with Crippen molar-refractivity contribution in [2.75, 3.05) is 0 Å². The summed E-state index contributed by atoms with van der Waals surface area (Å²) in [6.45, 7) is 0. The molecule has 12 heavy (non-hydrogen) atoms. The van der Waals surface area contributed by atoms with Gasteiger partial charge in [-0.15, -0.1) is 0 Å². The summed E-state index contributed by atoms with van der Waals surface area (Å²) in [4.78, 5) is 19.9. The van der Waals surface area contributed by atoms with E-state index in [1.54, 1.807) is 0 Å². The van der Waals surface area contributed by atoms with Crippen molar-refractivity contribution in [2.45, 2.75) is 0 Å². The van der Waals surface area contributed by atoms with Crippen LogP contribution in [0.1, 0.15) is 0 Å². The number of carbonyl (C=O) groups excluding carboxylic acids is 1. The minimum atomic E-state index is -1.15. The van der Waals surface area contributed by atoms with Crippen LogP contribution in [0.4, 0.5) is 0 Å². The van der Waals surface area contributed by atoms with E-state index in [1.165, 1.54) is 0 Å². The SMILES string of the molecule is O.O.O.O=C(O)/C=C/C(=O)[O][Pb]. The Morgan fingerprint density at radius 3 is 1.83 bits per heavy atom. The van der Waals surface area contributed by atoms with Gasteiger partial charge in [-0.25, -0.2) is 0 Å². The van der Waals surface area contributed by atoms with Crippen molar-refractivity contribution in [3.63, 3.8) is 0 Å². The van der Waals surface area contributed by atoms with Crippen LogP contribution in [0, 0.1) is 0 Å². The van der Waals surface area contributed by atoms with Crippen LogP contribution in [-0.4, -0.2) is 59.7 Å². The fourth-order valence-corrected chi connectivity index (χ4v) is 0.438. The zero-order chi connectivity index (χ0) is 7.28. The van der Waals surface area contributed by atoms with Crippen molar-refractivity contribution < 1.29 is 33.8 Å². The first kappa shape index (κ1) is 22.5. The van der Waals surface area contributed by atoms with Gasteiger partial charge in [0.1, 0.15) is 0 Å². The molecule has 7 nitrogen and oxygen atoms in total. The summed E-state index contributed by atoms with van der Waals surface area (Å²) < 4.78 is 4.25. The predicted octanol–water partition coefficient (Wildman–Crippen LogP) is -3.22. The van der Waals surface area contributed by atoms with E-state index in [2.05, 4.69) is 2.69 Å². The number of carboxylic acids is 1. The Morgan fingerprint density at radius 2 is 1.58 bits per heavy atom. The first-order valence-corrected chi connectivity index (χ1v) is 3.54. The van der Waals surface area contributed by atoms with Crippen LogP contribution < -0.4 is 0 Å². The molecule has 0 saturated carbocycles. The topological polar surface area (TPSA) is 158 Å². The Balaban J connectivity index is -0.000000107. The van der Waals surface area contributed by atoms with Crippen LogP contribution in [0.25, 0.3) is 0 Å². The molecular formula is C4H9O7Pb. The van der Waals surface area contributed by atoms with Gasteiger partial charge in [-0.1, -0.05) is 0 Å². The number of hydrogen-bond acceptors (Lipinski definition) is 3.